The SMILES string of the molecule is Fc1cc2nc(C(F)(F)C(F)(F)F)nc(Cl)c2cc1F. The summed E-state index contributed by atoms with van der Waals surface area (Å²) in [6, 6.07) is 0.858. The second-order valence-electron chi connectivity index (χ2n) is 3.69. The molecule has 2 nitrogen and oxygen atoms in total. The minimum atomic E-state index is -5.94. The van der Waals surface area contributed by atoms with Crippen LogP contribution in [0.1, 0.15) is 5.82 Å². The predicted molar refractivity (Wildman–Crippen MR) is 54.4 cm³/mol. The number of nitrogens with zero attached hydrogens (tertiary/aromatic N) is 2. The Morgan fingerprint density at radius 2 is 1.45 bits per heavy atom. The molecule has 0 saturated heterocycles. The van der Waals surface area contributed by atoms with Gasteiger partial charge in [-0.3, -0.25) is 0 Å². The molecule has 0 unspecified atom stereocenters. The van der Waals surface area contributed by atoms with E-state index in [1.807, 2.05) is 0 Å². The lowest BCUT2D eigenvalue weighted by molar-refractivity contribution is -0.292. The van der Waals surface area contributed by atoms with E-state index in [9.17, 15) is 30.7 Å². The largest absolute Gasteiger partial charge is 0.461 e. The van der Waals surface area contributed by atoms with Crippen molar-refractivity contribution in [2.75, 3.05) is 0 Å². The van der Waals surface area contributed by atoms with Crippen molar-refractivity contribution in [3.05, 3.63) is 34.7 Å². The van der Waals surface area contributed by atoms with Crippen molar-refractivity contribution < 1.29 is 30.7 Å². The number of hydrogen-bond donors (Lipinski definition) is 0. The molecule has 0 amide bonds. The summed E-state index contributed by atoms with van der Waals surface area (Å²) in [4.78, 5) is 5.71. The summed E-state index contributed by atoms with van der Waals surface area (Å²) in [5.41, 5.74) is -0.664. The van der Waals surface area contributed by atoms with Gasteiger partial charge in [0.2, 0.25) is 5.82 Å². The van der Waals surface area contributed by atoms with Crippen LogP contribution < -0.4 is 0 Å². The maximum atomic E-state index is 13.1. The zero-order chi connectivity index (χ0) is 15.3. The van der Waals surface area contributed by atoms with Gasteiger partial charge < -0.3 is 0 Å². The van der Waals surface area contributed by atoms with Crippen LogP contribution in [0.2, 0.25) is 5.15 Å². The van der Waals surface area contributed by atoms with Gasteiger partial charge in [0.15, 0.2) is 11.6 Å². The van der Waals surface area contributed by atoms with Crippen molar-refractivity contribution in [1.82, 2.24) is 9.97 Å². The molecular weight excluding hydrogens is 317 g/mol. The molecule has 1 heterocycles. The second-order valence-corrected chi connectivity index (χ2v) is 4.05. The lowest BCUT2D eigenvalue weighted by Gasteiger charge is -2.18. The third-order valence-electron chi connectivity index (χ3n) is 2.33. The summed E-state index contributed by atoms with van der Waals surface area (Å²) in [6.45, 7) is 0. The van der Waals surface area contributed by atoms with Gasteiger partial charge in [0, 0.05) is 11.5 Å². The molecule has 0 aliphatic heterocycles. The Labute approximate surface area is 111 Å². The maximum absolute atomic E-state index is 13.1. The smallest absolute Gasteiger partial charge is 0.226 e. The lowest BCUT2D eigenvalue weighted by Crippen LogP contribution is -2.35. The molecule has 0 atom stereocenters. The Balaban J connectivity index is 2.73. The van der Waals surface area contributed by atoms with E-state index in [0.29, 0.717) is 12.1 Å². The first-order valence-electron chi connectivity index (χ1n) is 4.81. The van der Waals surface area contributed by atoms with Gasteiger partial charge in [0.25, 0.3) is 0 Å². The number of alkyl halides is 5. The normalized spacial score (nSPS) is 13.0. The standard InChI is InChI=1S/C10H2ClF7N2/c11-7-3-1-4(12)5(13)2-6(3)19-8(20-7)9(14,15)10(16,17)18/h1-2H. The first-order valence-corrected chi connectivity index (χ1v) is 5.19. The molecule has 1 aromatic carbocycles. The summed E-state index contributed by atoms with van der Waals surface area (Å²) in [6.07, 6.45) is -5.94. The average molecular weight is 319 g/mol. The fourth-order valence-corrected chi connectivity index (χ4v) is 1.58. The Bertz CT molecular complexity index is 683. The number of rotatable bonds is 1. The number of benzene rings is 1. The number of hydrogen-bond acceptors (Lipinski definition) is 2. The first-order chi connectivity index (χ1) is 9.04. The molecule has 0 fully saturated rings. The van der Waals surface area contributed by atoms with Gasteiger partial charge in [-0.1, -0.05) is 11.6 Å². The van der Waals surface area contributed by atoms with E-state index in [0.717, 1.165) is 0 Å². The monoisotopic (exact) mass is 318 g/mol. The number of aromatic nitrogens is 2. The van der Waals surface area contributed by atoms with E-state index in [-0.39, 0.29) is 5.39 Å². The molecule has 0 bridgehead atoms. The summed E-state index contributed by atoms with van der Waals surface area (Å²) in [7, 11) is 0. The van der Waals surface area contributed by atoms with E-state index in [1.165, 1.54) is 0 Å². The van der Waals surface area contributed by atoms with E-state index in [4.69, 9.17) is 11.6 Å². The molecule has 0 radical (unpaired) electrons. The van der Waals surface area contributed by atoms with Crippen LogP contribution in [0.3, 0.4) is 0 Å². The quantitative estimate of drug-likeness (QED) is 0.581. The highest BCUT2D eigenvalue weighted by atomic mass is 35.5. The molecule has 1 aromatic heterocycles. The molecule has 2 rings (SSSR count). The van der Waals surface area contributed by atoms with Crippen LogP contribution in [0.5, 0.6) is 0 Å². The zero-order valence-electron chi connectivity index (χ0n) is 9.07. The minimum Gasteiger partial charge on any atom is -0.226 e. The highest BCUT2D eigenvalue weighted by Gasteiger charge is 2.61. The van der Waals surface area contributed by atoms with E-state index >= 15 is 0 Å². The Kier molecular flexibility index (Phi) is 3.28. The maximum Gasteiger partial charge on any atom is 0.461 e. The Hall–Kier alpha value is -1.64. The van der Waals surface area contributed by atoms with Crippen LogP contribution in [0, 0.1) is 11.6 Å². The van der Waals surface area contributed by atoms with Gasteiger partial charge in [0.1, 0.15) is 5.15 Å². The summed E-state index contributed by atoms with van der Waals surface area (Å²) in [5, 5.41) is -1.22. The third-order valence-corrected chi connectivity index (χ3v) is 2.62. The fourth-order valence-electron chi connectivity index (χ4n) is 1.35. The van der Waals surface area contributed by atoms with Gasteiger partial charge in [-0.25, -0.2) is 18.7 Å². The summed E-state index contributed by atoms with van der Waals surface area (Å²) >= 11 is 5.40. The summed E-state index contributed by atoms with van der Waals surface area (Å²) < 4.78 is 88.6. The molecule has 20 heavy (non-hydrogen) atoms. The zero-order valence-corrected chi connectivity index (χ0v) is 9.83. The van der Waals surface area contributed by atoms with Gasteiger partial charge in [-0.15, -0.1) is 0 Å². The Morgan fingerprint density at radius 3 is 2.00 bits per heavy atom. The van der Waals surface area contributed by atoms with E-state index < -0.39 is 40.2 Å². The molecule has 0 saturated carbocycles. The van der Waals surface area contributed by atoms with Crippen molar-refractivity contribution in [3.63, 3.8) is 0 Å². The lowest BCUT2D eigenvalue weighted by atomic mass is 10.2. The average Bonchev–Trinajstić information content (AvgIpc) is 2.30. The molecule has 108 valence electrons. The van der Waals surface area contributed by atoms with Crippen LogP contribution >= 0.6 is 11.6 Å². The highest BCUT2D eigenvalue weighted by molar-refractivity contribution is 6.34. The van der Waals surface area contributed by atoms with Gasteiger partial charge in [-0.2, -0.15) is 22.0 Å². The molecule has 10 heteroatoms. The molecule has 0 aliphatic rings. The summed E-state index contributed by atoms with van der Waals surface area (Å²) in [5.74, 6) is -10.1. The van der Waals surface area contributed by atoms with Crippen LogP contribution in [0.15, 0.2) is 12.1 Å². The van der Waals surface area contributed by atoms with Crippen LogP contribution in [-0.2, 0) is 5.92 Å². The molecule has 0 aliphatic carbocycles. The topological polar surface area (TPSA) is 25.8 Å². The van der Waals surface area contributed by atoms with Crippen molar-refractivity contribution in [3.8, 4) is 0 Å². The second kappa shape index (κ2) is 4.44. The molecule has 0 N–H and O–H groups in total. The van der Waals surface area contributed by atoms with Crippen molar-refractivity contribution in [2.45, 2.75) is 12.1 Å². The Morgan fingerprint density at radius 1 is 0.900 bits per heavy atom. The van der Waals surface area contributed by atoms with Crippen LogP contribution in [0.25, 0.3) is 10.9 Å². The van der Waals surface area contributed by atoms with Gasteiger partial charge >= 0.3 is 12.1 Å². The van der Waals surface area contributed by atoms with Crippen molar-refractivity contribution in [2.24, 2.45) is 0 Å². The first kappa shape index (κ1) is 14.8. The third kappa shape index (κ3) is 2.26. The number of fused-ring (bicyclic) bond motifs is 1. The van der Waals surface area contributed by atoms with Crippen molar-refractivity contribution in [1.29, 1.82) is 0 Å². The van der Waals surface area contributed by atoms with Gasteiger partial charge in [-0.05, 0) is 6.07 Å². The fraction of sp³-hybridized carbons (Fsp3) is 0.200. The molecular formula is C10H2ClF7N2. The number of halogens is 8. The van der Waals surface area contributed by atoms with E-state index in [2.05, 4.69) is 9.97 Å². The van der Waals surface area contributed by atoms with Gasteiger partial charge in [0.05, 0.1) is 5.52 Å². The molecule has 0 spiro atoms. The van der Waals surface area contributed by atoms with Crippen LogP contribution in [0.4, 0.5) is 30.7 Å². The molecule has 2 aromatic rings. The van der Waals surface area contributed by atoms with E-state index in [1.54, 1.807) is 0 Å². The predicted octanol–water partition coefficient (Wildman–Crippen LogP) is 4.22. The highest BCUT2D eigenvalue weighted by Crippen LogP contribution is 2.43. The van der Waals surface area contributed by atoms with Crippen molar-refractivity contribution >= 4 is 22.5 Å². The minimum absolute atomic E-state index is 0.355. The van der Waals surface area contributed by atoms with Crippen LogP contribution in [-0.4, -0.2) is 16.1 Å².